The number of hydrogen-bond donors (Lipinski definition) is 0. The van der Waals surface area contributed by atoms with Gasteiger partial charge in [-0.3, -0.25) is 4.79 Å². The lowest BCUT2D eigenvalue weighted by atomic mass is 10.00. The molecule has 0 bridgehead atoms. The van der Waals surface area contributed by atoms with Crippen LogP contribution in [0.4, 0.5) is 0 Å². The van der Waals surface area contributed by atoms with Crippen molar-refractivity contribution in [1.29, 1.82) is 0 Å². The van der Waals surface area contributed by atoms with E-state index in [4.69, 9.17) is 9.47 Å². The first-order valence-electron chi connectivity index (χ1n) is 8.62. The van der Waals surface area contributed by atoms with E-state index in [1.807, 2.05) is 30.3 Å². The number of benzene rings is 2. The summed E-state index contributed by atoms with van der Waals surface area (Å²) in [7, 11) is 1.42. The van der Waals surface area contributed by atoms with Crippen molar-refractivity contribution in [3.05, 3.63) is 54.1 Å². The van der Waals surface area contributed by atoms with Gasteiger partial charge in [0.2, 0.25) is 0 Å². The summed E-state index contributed by atoms with van der Waals surface area (Å²) in [5.41, 5.74) is 3.32. The van der Waals surface area contributed by atoms with Crippen molar-refractivity contribution in [1.82, 2.24) is 0 Å². The minimum atomic E-state index is -0.184. The molecule has 3 nitrogen and oxygen atoms in total. The number of esters is 1. The van der Waals surface area contributed by atoms with Crippen LogP contribution in [-0.4, -0.2) is 19.7 Å². The fraction of sp³-hybridized carbons (Fsp3) is 0.381. The summed E-state index contributed by atoms with van der Waals surface area (Å²) in [6, 6.07) is 16.4. The number of carbonyl (C=O) groups is 1. The first-order valence-corrected chi connectivity index (χ1v) is 8.62. The molecule has 0 heterocycles. The fourth-order valence-corrected chi connectivity index (χ4v) is 2.58. The minimum absolute atomic E-state index is 0.184. The Labute approximate surface area is 144 Å². The Morgan fingerprint density at radius 2 is 1.83 bits per heavy atom. The van der Waals surface area contributed by atoms with Crippen LogP contribution in [0, 0.1) is 0 Å². The topological polar surface area (TPSA) is 35.5 Å². The standard InChI is InChI=1S/C21H26O3/c1-3-4-8-15-24-20-13-11-17(12-14-21(22)23-2)16-19(20)18-9-6-5-7-10-18/h5-7,9-11,13,16H,3-4,8,12,14-15H2,1-2H3. The molecule has 2 rings (SSSR count). The molecule has 3 heteroatoms. The second kappa shape index (κ2) is 9.76. The summed E-state index contributed by atoms with van der Waals surface area (Å²) in [6.07, 6.45) is 4.48. The lowest BCUT2D eigenvalue weighted by Gasteiger charge is -2.13. The van der Waals surface area contributed by atoms with Gasteiger partial charge >= 0.3 is 5.97 Å². The number of aryl methyl sites for hydroxylation is 1. The quantitative estimate of drug-likeness (QED) is 0.479. The van der Waals surface area contributed by atoms with E-state index in [1.165, 1.54) is 20.0 Å². The average molecular weight is 326 g/mol. The van der Waals surface area contributed by atoms with Crippen LogP contribution < -0.4 is 4.74 Å². The molecule has 0 amide bonds. The number of ether oxygens (including phenoxy) is 2. The van der Waals surface area contributed by atoms with Crippen LogP contribution >= 0.6 is 0 Å². The van der Waals surface area contributed by atoms with Crippen molar-refractivity contribution in [2.75, 3.05) is 13.7 Å². The molecule has 0 unspecified atom stereocenters. The van der Waals surface area contributed by atoms with E-state index in [0.29, 0.717) is 12.8 Å². The fourth-order valence-electron chi connectivity index (χ4n) is 2.58. The smallest absolute Gasteiger partial charge is 0.305 e. The summed E-state index contributed by atoms with van der Waals surface area (Å²) in [6.45, 7) is 2.92. The van der Waals surface area contributed by atoms with Gasteiger partial charge in [0.25, 0.3) is 0 Å². The molecule has 128 valence electrons. The van der Waals surface area contributed by atoms with Crippen LogP contribution in [0.5, 0.6) is 5.75 Å². The summed E-state index contributed by atoms with van der Waals surface area (Å²) >= 11 is 0. The van der Waals surface area contributed by atoms with Gasteiger partial charge in [-0.2, -0.15) is 0 Å². The summed E-state index contributed by atoms with van der Waals surface area (Å²) in [5.74, 6) is 0.718. The predicted molar refractivity (Wildman–Crippen MR) is 97.2 cm³/mol. The van der Waals surface area contributed by atoms with Gasteiger partial charge in [-0.1, -0.05) is 56.2 Å². The van der Waals surface area contributed by atoms with Gasteiger partial charge in [0.05, 0.1) is 13.7 Å². The Morgan fingerprint density at radius 3 is 2.54 bits per heavy atom. The maximum atomic E-state index is 11.4. The molecule has 0 saturated carbocycles. The third-order valence-corrected chi connectivity index (χ3v) is 3.98. The predicted octanol–water partition coefficient (Wildman–Crippen LogP) is 5.03. The number of hydrogen-bond acceptors (Lipinski definition) is 3. The van der Waals surface area contributed by atoms with Crippen LogP contribution in [0.25, 0.3) is 11.1 Å². The Kier molecular flexibility index (Phi) is 7.34. The molecular weight excluding hydrogens is 300 g/mol. The molecule has 0 aliphatic rings. The molecule has 0 aliphatic carbocycles. The maximum absolute atomic E-state index is 11.4. The van der Waals surface area contributed by atoms with Crippen molar-refractivity contribution in [2.24, 2.45) is 0 Å². The van der Waals surface area contributed by atoms with Gasteiger partial charge < -0.3 is 9.47 Å². The van der Waals surface area contributed by atoms with E-state index in [2.05, 4.69) is 25.1 Å². The molecular formula is C21H26O3. The van der Waals surface area contributed by atoms with Gasteiger partial charge in [-0.25, -0.2) is 0 Å². The molecule has 0 fully saturated rings. The molecule has 0 aromatic heterocycles. The Hall–Kier alpha value is -2.29. The summed E-state index contributed by atoms with van der Waals surface area (Å²) in [4.78, 5) is 11.4. The molecule has 24 heavy (non-hydrogen) atoms. The Morgan fingerprint density at radius 1 is 1.04 bits per heavy atom. The number of rotatable bonds is 9. The maximum Gasteiger partial charge on any atom is 0.305 e. The SMILES string of the molecule is CCCCCOc1ccc(CCC(=O)OC)cc1-c1ccccc1. The lowest BCUT2D eigenvalue weighted by Crippen LogP contribution is -2.03. The summed E-state index contributed by atoms with van der Waals surface area (Å²) < 4.78 is 10.7. The lowest BCUT2D eigenvalue weighted by molar-refractivity contribution is -0.140. The van der Waals surface area contributed by atoms with Crippen LogP contribution in [0.3, 0.4) is 0 Å². The van der Waals surface area contributed by atoms with Crippen molar-refractivity contribution in [3.63, 3.8) is 0 Å². The molecule has 2 aromatic carbocycles. The summed E-state index contributed by atoms with van der Waals surface area (Å²) in [5, 5.41) is 0. The number of methoxy groups -OCH3 is 1. The first kappa shape index (κ1) is 18.1. The van der Waals surface area contributed by atoms with Gasteiger partial charge in [-0.05, 0) is 36.1 Å². The highest BCUT2D eigenvalue weighted by molar-refractivity contribution is 5.72. The first-order chi connectivity index (χ1) is 11.7. The molecule has 0 saturated heterocycles. The van der Waals surface area contributed by atoms with E-state index >= 15 is 0 Å². The minimum Gasteiger partial charge on any atom is -0.493 e. The van der Waals surface area contributed by atoms with Gasteiger partial charge in [0, 0.05) is 12.0 Å². The van der Waals surface area contributed by atoms with Crippen LogP contribution in [0.2, 0.25) is 0 Å². The molecule has 0 atom stereocenters. The van der Waals surface area contributed by atoms with Gasteiger partial charge in [0.1, 0.15) is 5.75 Å². The van der Waals surface area contributed by atoms with Crippen LogP contribution in [-0.2, 0) is 16.0 Å². The van der Waals surface area contributed by atoms with E-state index in [0.717, 1.165) is 35.5 Å². The normalized spacial score (nSPS) is 10.4. The molecule has 0 N–H and O–H groups in total. The molecule has 0 spiro atoms. The highest BCUT2D eigenvalue weighted by atomic mass is 16.5. The monoisotopic (exact) mass is 326 g/mol. The van der Waals surface area contributed by atoms with Crippen molar-refractivity contribution >= 4 is 5.97 Å². The Bertz CT molecular complexity index is 635. The van der Waals surface area contributed by atoms with E-state index in [9.17, 15) is 4.79 Å². The molecule has 0 radical (unpaired) electrons. The number of unbranched alkanes of at least 4 members (excludes halogenated alkanes) is 2. The van der Waals surface area contributed by atoms with Crippen molar-refractivity contribution < 1.29 is 14.3 Å². The second-order valence-corrected chi connectivity index (χ2v) is 5.83. The zero-order chi connectivity index (χ0) is 17.2. The van der Waals surface area contributed by atoms with Crippen molar-refractivity contribution in [3.8, 4) is 16.9 Å². The third-order valence-electron chi connectivity index (χ3n) is 3.98. The Balaban J connectivity index is 2.18. The van der Waals surface area contributed by atoms with Crippen LogP contribution in [0.1, 0.15) is 38.2 Å². The number of carbonyl (C=O) groups excluding carboxylic acids is 1. The van der Waals surface area contributed by atoms with E-state index in [1.54, 1.807) is 0 Å². The highest BCUT2D eigenvalue weighted by Gasteiger charge is 2.09. The molecule has 2 aromatic rings. The van der Waals surface area contributed by atoms with E-state index < -0.39 is 0 Å². The zero-order valence-corrected chi connectivity index (χ0v) is 14.6. The zero-order valence-electron chi connectivity index (χ0n) is 14.6. The van der Waals surface area contributed by atoms with Gasteiger partial charge in [-0.15, -0.1) is 0 Å². The highest BCUT2D eigenvalue weighted by Crippen LogP contribution is 2.31. The van der Waals surface area contributed by atoms with Crippen LogP contribution in [0.15, 0.2) is 48.5 Å². The van der Waals surface area contributed by atoms with E-state index in [-0.39, 0.29) is 5.97 Å². The largest absolute Gasteiger partial charge is 0.493 e. The van der Waals surface area contributed by atoms with Gasteiger partial charge in [0.15, 0.2) is 0 Å². The third kappa shape index (κ3) is 5.41. The van der Waals surface area contributed by atoms with Crippen molar-refractivity contribution in [2.45, 2.75) is 39.0 Å². The second-order valence-electron chi connectivity index (χ2n) is 5.83. The molecule has 0 aliphatic heterocycles. The average Bonchev–Trinajstić information content (AvgIpc) is 2.64.